The quantitative estimate of drug-likeness (QED) is 0.778. The van der Waals surface area contributed by atoms with E-state index in [0.717, 1.165) is 23.1 Å². The Balaban J connectivity index is 1.81. The van der Waals surface area contributed by atoms with Crippen molar-refractivity contribution in [2.24, 2.45) is 0 Å². The number of hydrogen-bond donors (Lipinski definition) is 1. The zero-order valence-corrected chi connectivity index (χ0v) is 11.8. The van der Waals surface area contributed by atoms with Crippen molar-refractivity contribution in [2.45, 2.75) is 13.5 Å². The predicted octanol–water partition coefficient (Wildman–Crippen LogP) is 2.93. The lowest BCUT2D eigenvalue weighted by atomic mass is 10.2. The smallest absolute Gasteiger partial charge is 0.238 e. The lowest BCUT2D eigenvalue weighted by molar-refractivity contribution is 0.457. The molecular formula is C16H16N4O. The van der Waals surface area contributed by atoms with Crippen molar-refractivity contribution in [1.29, 1.82) is 0 Å². The van der Waals surface area contributed by atoms with Gasteiger partial charge in [-0.1, -0.05) is 13.0 Å². The Morgan fingerprint density at radius 1 is 1.19 bits per heavy atom. The van der Waals surface area contributed by atoms with Crippen LogP contribution >= 0.6 is 0 Å². The van der Waals surface area contributed by atoms with E-state index in [9.17, 15) is 0 Å². The van der Waals surface area contributed by atoms with Gasteiger partial charge in [-0.05, 0) is 24.7 Å². The third kappa shape index (κ3) is 3.32. The minimum absolute atomic E-state index is 0.487. The van der Waals surface area contributed by atoms with E-state index in [2.05, 4.69) is 27.2 Å². The molecule has 0 spiro atoms. The maximum absolute atomic E-state index is 5.77. The van der Waals surface area contributed by atoms with Gasteiger partial charge in [0, 0.05) is 30.4 Å². The van der Waals surface area contributed by atoms with Crippen LogP contribution in [-0.2, 0) is 6.54 Å². The number of rotatable bonds is 5. The van der Waals surface area contributed by atoms with E-state index in [-0.39, 0.29) is 0 Å². The van der Waals surface area contributed by atoms with E-state index in [4.69, 9.17) is 4.74 Å². The molecule has 0 radical (unpaired) electrons. The maximum Gasteiger partial charge on any atom is 0.238 e. The molecular weight excluding hydrogens is 264 g/mol. The molecule has 5 heteroatoms. The summed E-state index contributed by atoms with van der Waals surface area (Å²) < 4.78 is 5.77. The van der Waals surface area contributed by atoms with E-state index in [1.54, 1.807) is 18.6 Å². The topological polar surface area (TPSA) is 59.9 Å². The Bertz CT molecular complexity index is 745. The van der Waals surface area contributed by atoms with Crippen molar-refractivity contribution in [3.8, 4) is 11.6 Å². The van der Waals surface area contributed by atoms with Gasteiger partial charge in [0.2, 0.25) is 5.88 Å². The molecule has 1 N–H and O–H groups in total. The van der Waals surface area contributed by atoms with Crippen molar-refractivity contribution in [1.82, 2.24) is 20.3 Å². The molecule has 0 bridgehead atoms. The van der Waals surface area contributed by atoms with Gasteiger partial charge in [-0.2, -0.15) is 0 Å². The highest BCUT2D eigenvalue weighted by atomic mass is 16.5. The predicted molar refractivity (Wildman–Crippen MR) is 81.2 cm³/mol. The Labute approximate surface area is 123 Å². The normalized spacial score (nSPS) is 10.7. The van der Waals surface area contributed by atoms with Crippen molar-refractivity contribution in [3.63, 3.8) is 0 Å². The first-order chi connectivity index (χ1) is 10.3. The summed E-state index contributed by atoms with van der Waals surface area (Å²) in [5.41, 5.74) is 1.75. The van der Waals surface area contributed by atoms with Crippen LogP contribution in [0.4, 0.5) is 0 Å². The van der Waals surface area contributed by atoms with Crippen LogP contribution in [0.3, 0.4) is 0 Å². The summed E-state index contributed by atoms with van der Waals surface area (Å²) in [6.45, 7) is 3.62. The SMILES string of the molecule is CCNCc1cncc(Oc2ccc3cccnc3c2)n1. The van der Waals surface area contributed by atoms with Crippen molar-refractivity contribution in [2.75, 3.05) is 6.54 Å². The molecule has 0 unspecified atom stereocenters. The molecule has 0 saturated heterocycles. The molecule has 0 atom stereocenters. The molecule has 5 nitrogen and oxygen atoms in total. The highest BCUT2D eigenvalue weighted by Gasteiger charge is 2.03. The second-order valence-corrected chi connectivity index (χ2v) is 4.59. The van der Waals surface area contributed by atoms with Gasteiger partial charge in [0.25, 0.3) is 0 Å². The van der Waals surface area contributed by atoms with Gasteiger partial charge in [0.05, 0.1) is 17.4 Å². The number of aromatic nitrogens is 3. The molecule has 0 saturated carbocycles. The second kappa shape index (κ2) is 6.28. The summed E-state index contributed by atoms with van der Waals surface area (Å²) in [6, 6.07) is 9.71. The number of pyridine rings is 1. The molecule has 0 fully saturated rings. The molecule has 106 valence electrons. The van der Waals surface area contributed by atoms with Crippen molar-refractivity contribution in [3.05, 3.63) is 54.6 Å². The van der Waals surface area contributed by atoms with Crippen LogP contribution in [-0.4, -0.2) is 21.5 Å². The average molecular weight is 280 g/mol. The first kappa shape index (κ1) is 13.5. The van der Waals surface area contributed by atoms with E-state index in [1.165, 1.54) is 0 Å². The monoisotopic (exact) mass is 280 g/mol. The number of benzene rings is 1. The Kier molecular flexibility index (Phi) is 4.02. The van der Waals surface area contributed by atoms with Gasteiger partial charge >= 0.3 is 0 Å². The lowest BCUT2D eigenvalue weighted by Gasteiger charge is -2.07. The number of nitrogens with zero attached hydrogens (tertiary/aromatic N) is 3. The molecule has 1 aromatic carbocycles. The van der Waals surface area contributed by atoms with Crippen LogP contribution in [0.1, 0.15) is 12.6 Å². The van der Waals surface area contributed by atoms with Crippen LogP contribution in [0.25, 0.3) is 10.9 Å². The van der Waals surface area contributed by atoms with E-state index < -0.39 is 0 Å². The Morgan fingerprint density at radius 3 is 3.05 bits per heavy atom. The number of fused-ring (bicyclic) bond motifs is 1. The van der Waals surface area contributed by atoms with Crippen LogP contribution in [0.15, 0.2) is 48.9 Å². The summed E-state index contributed by atoms with van der Waals surface area (Å²) in [7, 11) is 0. The van der Waals surface area contributed by atoms with E-state index in [1.807, 2.05) is 30.3 Å². The standard InChI is InChI=1S/C16H16N4O/c1-2-17-9-13-10-18-11-16(20-13)21-14-6-5-12-4-3-7-19-15(12)8-14/h3-8,10-11,17H,2,9H2,1H3. The summed E-state index contributed by atoms with van der Waals surface area (Å²) in [4.78, 5) is 12.9. The third-order valence-corrected chi connectivity index (χ3v) is 3.02. The molecule has 0 aliphatic rings. The zero-order valence-electron chi connectivity index (χ0n) is 11.8. The van der Waals surface area contributed by atoms with Crippen molar-refractivity contribution < 1.29 is 4.74 Å². The first-order valence-electron chi connectivity index (χ1n) is 6.89. The fraction of sp³-hybridized carbons (Fsp3) is 0.188. The minimum atomic E-state index is 0.487. The minimum Gasteiger partial charge on any atom is -0.437 e. The number of nitrogens with one attached hydrogen (secondary N) is 1. The molecule has 2 heterocycles. The lowest BCUT2D eigenvalue weighted by Crippen LogP contribution is -2.13. The fourth-order valence-corrected chi connectivity index (χ4v) is 2.00. The van der Waals surface area contributed by atoms with Crippen molar-refractivity contribution >= 4 is 10.9 Å². The highest BCUT2D eigenvalue weighted by Crippen LogP contribution is 2.23. The number of ether oxygens (including phenoxy) is 1. The summed E-state index contributed by atoms with van der Waals surface area (Å²) in [5, 5.41) is 4.29. The molecule has 3 rings (SSSR count). The van der Waals surface area contributed by atoms with Gasteiger partial charge in [-0.25, -0.2) is 4.98 Å². The van der Waals surface area contributed by atoms with E-state index in [0.29, 0.717) is 18.2 Å². The van der Waals surface area contributed by atoms with Gasteiger partial charge in [0.1, 0.15) is 5.75 Å². The van der Waals surface area contributed by atoms with Crippen LogP contribution in [0.5, 0.6) is 11.6 Å². The third-order valence-electron chi connectivity index (χ3n) is 3.02. The van der Waals surface area contributed by atoms with Gasteiger partial charge in [-0.3, -0.25) is 9.97 Å². The summed E-state index contributed by atoms with van der Waals surface area (Å²) >= 11 is 0. The van der Waals surface area contributed by atoms with E-state index >= 15 is 0 Å². The maximum atomic E-state index is 5.77. The van der Waals surface area contributed by atoms with Crippen LogP contribution < -0.4 is 10.1 Å². The summed E-state index contributed by atoms with van der Waals surface area (Å²) in [5.74, 6) is 1.19. The molecule has 0 aliphatic heterocycles. The molecule has 0 aliphatic carbocycles. The molecule has 3 aromatic rings. The molecule has 2 aromatic heterocycles. The largest absolute Gasteiger partial charge is 0.437 e. The highest BCUT2D eigenvalue weighted by molar-refractivity contribution is 5.79. The fourth-order valence-electron chi connectivity index (χ4n) is 2.00. The first-order valence-corrected chi connectivity index (χ1v) is 6.89. The van der Waals surface area contributed by atoms with Crippen LogP contribution in [0.2, 0.25) is 0 Å². The Morgan fingerprint density at radius 2 is 2.14 bits per heavy atom. The molecule has 21 heavy (non-hydrogen) atoms. The summed E-state index contributed by atoms with van der Waals surface area (Å²) in [6.07, 6.45) is 5.11. The van der Waals surface area contributed by atoms with Gasteiger partial charge in [0.15, 0.2) is 0 Å². The second-order valence-electron chi connectivity index (χ2n) is 4.59. The Hall–Kier alpha value is -2.53. The van der Waals surface area contributed by atoms with Gasteiger partial charge in [-0.15, -0.1) is 0 Å². The van der Waals surface area contributed by atoms with Crippen LogP contribution in [0, 0.1) is 0 Å². The molecule has 0 amide bonds. The number of hydrogen-bond acceptors (Lipinski definition) is 5. The van der Waals surface area contributed by atoms with Gasteiger partial charge < -0.3 is 10.1 Å². The average Bonchev–Trinajstić information content (AvgIpc) is 2.53. The zero-order chi connectivity index (χ0) is 14.5.